The molecule has 0 saturated carbocycles. The Kier molecular flexibility index (Phi) is 4.53. The highest BCUT2D eigenvalue weighted by molar-refractivity contribution is 6.03. The number of hydrogen-bond acceptors (Lipinski definition) is 2. The highest BCUT2D eigenvalue weighted by atomic mass is 16.2. The summed E-state index contributed by atoms with van der Waals surface area (Å²) in [7, 11) is 1.51. The molecule has 0 atom stereocenters. The summed E-state index contributed by atoms with van der Waals surface area (Å²) in [5.41, 5.74) is 8.33. The molecule has 0 spiro atoms. The van der Waals surface area contributed by atoms with E-state index in [0.29, 0.717) is 0 Å². The fraction of sp³-hybridized carbons (Fsp3) is 0.429. The molecule has 0 bridgehead atoms. The monoisotopic (exact) mass is 262 g/mol. The van der Waals surface area contributed by atoms with E-state index < -0.39 is 0 Å². The highest BCUT2D eigenvalue weighted by Crippen LogP contribution is 2.27. The van der Waals surface area contributed by atoms with Crippen LogP contribution in [0, 0.1) is 19.3 Å². The molecule has 0 radical (unpaired) electrons. The number of hydrogen-bond donors (Lipinski definition) is 2. The predicted octanol–water partition coefficient (Wildman–Crippen LogP) is 2.46. The number of anilines is 1. The second-order valence-electron chi connectivity index (χ2n) is 4.93. The van der Waals surface area contributed by atoms with Gasteiger partial charge < -0.3 is 5.73 Å². The maximum atomic E-state index is 12.5. The van der Waals surface area contributed by atoms with Gasteiger partial charge in [0, 0.05) is 13.1 Å². The summed E-state index contributed by atoms with van der Waals surface area (Å²) in [6.45, 7) is 7.83. The Balaban J connectivity index is 3.30. The van der Waals surface area contributed by atoms with Crippen molar-refractivity contribution in [3.63, 3.8) is 0 Å². The number of rotatable bonds is 2. The number of aryl methyl sites for hydroxylation is 2. The van der Waals surface area contributed by atoms with Gasteiger partial charge in [0.2, 0.25) is 0 Å². The van der Waals surface area contributed by atoms with Gasteiger partial charge in [-0.2, -0.15) is 0 Å². The van der Waals surface area contributed by atoms with E-state index in [9.17, 15) is 4.79 Å². The minimum absolute atomic E-state index is 0.0194. The fourth-order valence-corrected chi connectivity index (χ4v) is 2.03. The van der Waals surface area contributed by atoms with E-state index in [0.717, 1.165) is 21.7 Å². The normalized spacial score (nSPS) is 10.4. The molecule has 5 nitrogen and oxygen atoms in total. The maximum absolute atomic E-state index is 12.5. The Hall–Kier alpha value is -2.04. The summed E-state index contributed by atoms with van der Waals surface area (Å²) >= 11 is 0. The van der Waals surface area contributed by atoms with Gasteiger partial charge in [0.25, 0.3) is 0 Å². The molecule has 2 amide bonds. The molecule has 0 aliphatic rings. The van der Waals surface area contributed by atoms with Crippen LogP contribution in [-0.4, -0.2) is 30.0 Å². The van der Waals surface area contributed by atoms with E-state index in [2.05, 4.69) is 0 Å². The lowest BCUT2D eigenvalue weighted by Gasteiger charge is -2.32. The van der Waals surface area contributed by atoms with Crippen molar-refractivity contribution >= 4 is 17.7 Å². The van der Waals surface area contributed by atoms with Crippen molar-refractivity contribution in [2.75, 3.05) is 11.9 Å². The smallest absolute Gasteiger partial charge is 0.331 e. The molecule has 0 aliphatic heterocycles. The molecule has 0 aliphatic carbocycles. The van der Waals surface area contributed by atoms with Crippen molar-refractivity contribution in [2.24, 2.45) is 5.73 Å². The molecule has 1 aromatic rings. The van der Waals surface area contributed by atoms with Gasteiger partial charge in [0.15, 0.2) is 5.96 Å². The first kappa shape index (κ1) is 15.0. The molecule has 0 fully saturated rings. The average molecular weight is 262 g/mol. The quantitative estimate of drug-likeness (QED) is 0.634. The lowest BCUT2D eigenvalue weighted by Crippen LogP contribution is -2.49. The molecule has 5 heteroatoms. The van der Waals surface area contributed by atoms with Crippen LogP contribution in [0.25, 0.3) is 0 Å². The number of nitrogens with one attached hydrogen (secondary N) is 1. The van der Waals surface area contributed by atoms with Crippen molar-refractivity contribution in [3.05, 3.63) is 29.3 Å². The highest BCUT2D eigenvalue weighted by Gasteiger charge is 2.26. The molecule has 1 aromatic carbocycles. The number of benzene rings is 1. The van der Waals surface area contributed by atoms with E-state index in [4.69, 9.17) is 11.1 Å². The van der Waals surface area contributed by atoms with Gasteiger partial charge in [-0.1, -0.05) is 18.2 Å². The molecule has 0 aromatic heterocycles. The fourth-order valence-electron chi connectivity index (χ4n) is 2.03. The van der Waals surface area contributed by atoms with Crippen molar-refractivity contribution in [2.45, 2.75) is 33.7 Å². The molecule has 0 heterocycles. The van der Waals surface area contributed by atoms with Crippen LogP contribution in [-0.2, 0) is 0 Å². The Morgan fingerprint density at radius 2 is 1.74 bits per heavy atom. The number of para-hydroxylation sites is 1. The van der Waals surface area contributed by atoms with Gasteiger partial charge in [-0.3, -0.25) is 15.2 Å². The van der Waals surface area contributed by atoms with Gasteiger partial charge in [0.05, 0.1) is 5.69 Å². The van der Waals surface area contributed by atoms with Gasteiger partial charge in [-0.25, -0.2) is 4.79 Å². The van der Waals surface area contributed by atoms with Crippen LogP contribution in [0.15, 0.2) is 18.2 Å². The van der Waals surface area contributed by atoms with Crippen LogP contribution in [0.3, 0.4) is 0 Å². The lowest BCUT2D eigenvalue weighted by molar-refractivity contribution is 0.230. The first-order valence-corrected chi connectivity index (χ1v) is 6.24. The van der Waals surface area contributed by atoms with Crippen molar-refractivity contribution in [1.29, 1.82) is 5.41 Å². The van der Waals surface area contributed by atoms with E-state index in [1.54, 1.807) is 4.90 Å². The molecule has 1 rings (SSSR count). The molecule has 19 heavy (non-hydrogen) atoms. The molecular formula is C14H22N4O. The third-order valence-electron chi connectivity index (χ3n) is 3.05. The summed E-state index contributed by atoms with van der Waals surface area (Å²) in [4.78, 5) is 15.3. The zero-order valence-electron chi connectivity index (χ0n) is 12.2. The second kappa shape index (κ2) is 5.73. The Morgan fingerprint density at radius 1 is 1.26 bits per heavy atom. The van der Waals surface area contributed by atoms with Crippen LogP contribution in [0.2, 0.25) is 0 Å². The summed E-state index contributed by atoms with van der Waals surface area (Å²) < 4.78 is 0. The average Bonchev–Trinajstić information content (AvgIpc) is 2.31. The lowest BCUT2D eigenvalue weighted by atomic mass is 10.1. The molecule has 3 N–H and O–H groups in total. The predicted molar refractivity (Wildman–Crippen MR) is 78.6 cm³/mol. The topological polar surface area (TPSA) is 73.4 Å². The number of urea groups is 1. The van der Waals surface area contributed by atoms with E-state index in [1.165, 1.54) is 7.05 Å². The molecule has 104 valence electrons. The minimum Gasteiger partial charge on any atom is -0.370 e. The number of nitrogens with zero attached hydrogens (tertiary/aromatic N) is 2. The van der Waals surface area contributed by atoms with E-state index in [-0.39, 0.29) is 18.0 Å². The first-order chi connectivity index (χ1) is 8.77. The third kappa shape index (κ3) is 3.05. The van der Waals surface area contributed by atoms with Gasteiger partial charge in [-0.05, 0) is 38.8 Å². The van der Waals surface area contributed by atoms with Crippen LogP contribution >= 0.6 is 0 Å². The zero-order valence-corrected chi connectivity index (χ0v) is 12.2. The standard InChI is InChI=1S/C14H22N4O/c1-9(2)18(14(19)17(5)13(15)16)12-10(3)7-6-8-11(12)4/h6-9H,1-5H3,(H3,15,16). The third-order valence-corrected chi connectivity index (χ3v) is 3.05. The summed E-state index contributed by atoms with van der Waals surface area (Å²) in [5.74, 6) is -0.262. The second-order valence-corrected chi connectivity index (χ2v) is 4.93. The number of guanidine groups is 1. The van der Waals surface area contributed by atoms with Crippen LogP contribution in [0.1, 0.15) is 25.0 Å². The van der Waals surface area contributed by atoms with Gasteiger partial charge in [0.1, 0.15) is 0 Å². The Labute approximate surface area is 114 Å². The SMILES string of the molecule is Cc1cccc(C)c1N(C(=O)N(C)C(=N)N)C(C)C. The summed E-state index contributed by atoms with van der Waals surface area (Å²) in [6, 6.07) is 5.59. The number of amides is 2. The number of nitrogens with two attached hydrogens (primary N) is 1. The largest absolute Gasteiger partial charge is 0.370 e. The van der Waals surface area contributed by atoms with Crippen molar-refractivity contribution in [1.82, 2.24) is 4.90 Å². The zero-order chi connectivity index (χ0) is 14.7. The molecular weight excluding hydrogens is 240 g/mol. The van der Waals surface area contributed by atoms with Crippen LogP contribution in [0.4, 0.5) is 10.5 Å². The Bertz CT molecular complexity index is 476. The number of carbonyl (C=O) groups excluding carboxylic acids is 1. The van der Waals surface area contributed by atoms with Gasteiger partial charge >= 0.3 is 6.03 Å². The van der Waals surface area contributed by atoms with Crippen LogP contribution in [0.5, 0.6) is 0 Å². The summed E-state index contributed by atoms with van der Waals surface area (Å²) in [6.07, 6.45) is 0. The Morgan fingerprint density at radius 3 is 2.11 bits per heavy atom. The maximum Gasteiger partial charge on any atom is 0.331 e. The number of carbonyl (C=O) groups is 1. The van der Waals surface area contributed by atoms with Crippen LogP contribution < -0.4 is 10.6 Å². The van der Waals surface area contributed by atoms with E-state index >= 15 is 0 Å². The van der Waals surface area contributed by atoms with Gasteiger partial charge in [-0.15, -0.1) is 0 Å². The minimum atomic E-state index is -0.292. The molecule has 0 unspecified atom stereocenters. The first-order valence-electron chi connectivity index (χ1n) is 6.24. The molecule has 0 saturated heterocycles. The van der Waals surface area contributed by atoms with Crippen molar-refractivity contribution < 1.29 is 4.79 Å². The summed E-state index contributed by atoms with van der Waals surface area (Å²) in [5, 5.41) is 7.39. The van der Waals surface area contributed by atoms with E-state index in [1.807, 2.05) is 45.9 Å². The van der Waals surface area contributed by atoms with Crippen molar-refractivity contribution in [3.8, 4) is 0 Å².